The number of benzene rings is 2. The third-order valence-electron chi connectivity index (χ3n) is 7.91. The van der Waals surface area contributed by atoms with Crippen LogP contribution in [0.2, 0.25) is 0 Å². The fraction of sp³-hybridized carbons (Fsp3) is 0.355. The number of piperidine rings is 1. The van der Waals surface area contributed by atoms with Crippen LogP contribution >= 0.6 is 0 Å². The number of hydrogen-bond acceptors (Lipinski definition) is 6. The SMILES string of the molecule is [C-]#[N+]c1ccc(COc2cccc(N3CCC(Cc4nc5ccc(C(=O)O)cc5n4C[C@@H]4CCO4)CC3)n2)c(F)c1. The molecule has 4 heterocycles. The smallest absolute Gasteiger partial charge is 0.335 e. The van der Waals surface area contributed by atoms with Crippen LogP contribution in [0.5, 0.6) is 5.88 Å². The third-order valence-corrected chi connectivity index (χ3v) is 7.91. The van der Waals surface area contributed by atoms with Crippen molar-refractivity contribution in [1.82, 2.24) is 14.5 Å². The van der Waals surface area contributed by atoms with E-state index in [1.807, 2.05) is 12.1 Å². The fourth-order valence-corrected chi connectivity index (χ4v) is 5.46. The molecule has 2 aliphatic heterocycles. The summed E-state index contributed by atoms with van der Waals surface area (Å²) < 4.78 is 27.8. The van der Waals surface area contributed by atoms with Crippen molar-refractivity contribution in [2.45, 2.75) is 44.9 Å². The van der Waals surface area contributed by atoms with E-state index in [1.165, 1.54) is 6.07 Å². The summed E-state index contributed by atoms with van der Waals surface area (Å²) >= 11 is 0. The van der Waals surface area contributed by atoms with Crippen LogP contribution < -0.4 is 9.64 Å². The molecule has 1 N–H and O–H groups in total. The molecule has 41 heavy (non-hydrogen) atoms. The minimum absolute atomic E-state index is 0.0312. The molecular formula is C31H30FN5O4. The standard InChI is InChI=1S/C31H30FN5O4/c1-33-23-7-5-22(25(32)17-23)19-41-30-4-2-3-28(35-30)36-12-9-20(10-13-36)15-29-34-26-8-6-21(31(38)39)16-27(26)37(29)18-24-11-14-40-24/h2-8,16-17,20,24H,9-15,18-19H2,(H,38,39)/t24-/m0/s1. The minimum atomic E-state index is -0.945. The summed E-state index contributed by atoms with van der Waals surface area (Å²) in [5, 5.41) is 9.49. The highest BCUT2D eigenvalue weighted by atomic mass is 19.1. The van der Waals surface area contributed by atoms with Crippen molar-refractivity contribution >= 4 is 28.5 Å². The Morgan fingerprint density at radius 1 is 1.12 bits per heavy atom. The zero-order valence-electron chi connectivity index (χ0n) is 22.5. The summed E-state index contributed by atoms with van der Waals surface area (Å²) in [6.07, 6.45) is 3.88. The number of pyridine rings is 1. The van der Waals surface area contributed by atoms with E-state index < -0.39 is 11.8 Å². The Kier molecular flexibility index (Phi) is 7.53. The average Bonchev–Trinajstić information content (AvgIpc) is 3.30. The van der Waals surface area contributed by atoms with Crippen LogP contribution in [0.25, 0.3) is 15.9 Å². The van der Waals surface area contributed by atoms with Gasteiger partial charge in [0.25, 0.3) is 0 Å². The first-order chi connectivity index (χ1) is 20.0. The van der Waals surface area contributed by atoms with E-state index in [4.69, 9.17) is 21.0 Å². The van der Waals surface area contributed by atoms with Crippen LogP contribution in [0.4, 0.5) is 15.9 Å². The third kappa shape index (κ3) is 5.86. The van der Waals surface area contributed by atoms with Gasteiger partial charge in [0.05, 0.1) is 35.8 Å². The Hall–Kier alpha value is -4.49. The largest absolute Gasteiger partial charge is 0.478 e. The normalized spacial score (nSPS) is 17.3. The average molecular weight is 556 g/mol. The Bertz CT molecular complexity index is 1620. The second kappa shape index (κ2) is 11.6. The Labute approximate surface area is 237 Å². The number of ether oxygens (including phenoxy) is 2. The molecule has 0 bridgehead atoms. The molecule has 0 amide bonds. The molecule has 2 aliphatic rings. The number of fused-ring (bicyclic) bond motifs is 1. The first-order valence-electron chi connectivity index (χ1n) is 13.8. The lowest BCUT2D eigenvalue weighted by Crippen LogP contribution is -2.35. The van der Waals surface area contributed by atoms with Gasteiger partial charge in [-0.3, -0.25) is 0 Å². The second-order valence-corrected chi connectivity index (χ2v) is 10.6. The molecule has 10 heteroatoms. The number of rotatable bonds is 9. The number of anilines is 1. The van der Waals surface area contributed by atoms with Crippen molar-refractivity contribution in [2.75, 3.05) is 24.6 Å². The molecule has 4 aromatic rings. The monoisotopic (exact) mass is 555 g/mol. The molecule has 210 valence electrons. The van der Waals surface area contributed by atoms with Gasteiger partial charge >= 0.3 is 5.97 Å². The van der Waals surface area contributed by atoms with Gasteiger partial charge in [0.1, 0.15) is 24.1 Å². The van der Waals surface area contributed by atoms with E-state index in [0.29, 0.717) is 23.9 Å². The summed E-state index contributed by atoms with van der Waals surface area (Å²) in [4.78, 5) is 26.6. The lowest BCUT2D eigenvalue weighted by molar-refractivity contribution is -0.0590. The number of nitrogens with zero attached hydrogens (tertiary/aromatic N) is 5. The number of carbonyl (C=O) groups is 1. The lowest BCUT2D eigenvalue weighted by Gasteiger charge is -2.33. The van der Waals surface area contributed by atoms with Crippen LogP contribution in [-0.4, -0.2) is 51.4 Å². The van der Waals surface area contributed by atoms with Crippen LogP contribution in [0.15, 0.2) is 54.6 Å². The first kappa shape index (κ1) is 26.7. The van der Waals surface area contributed by atoms with E-state index in [1.54, 1.807) is 36.4 Å². The van der Waals surface area contributed by atoms with Crippen molar-refractivity contribution in [3.8, 4) is 5.88 Å². The number of aromatic carboxylic acids is 1. The number of carboxylic acid groups (broad SMARTS) is 1. The van der Waals surface area contributed by atoms with Gasteiger partial charge < -0.3 is 24.0 Å². The van der Waals surface area contributed by atoms with Gasteiger partial charge in [0.15, 0.2) is 5.69 Å². The van der Waals surface area contributed by atoms with Crippen LogP contribution in [0, 0.1) is 18.3 Å². The van der Waals surface area contributed by atoms with Crippen molar-refractivity contribution in [2.24, 2.45) is 5.92 Å². The van der Waals surface area contributed by atoms with Crippen LogP contribution in [-0.2, 0) is 24.3 Å². The topological polar surface area (TPSA) is 94.1 Å². The van der Waals surface area contributed by atoms with Gasteiger partial charge in [0.2, 0.25) is 5.88 Å². The number of hydrogen-bond donors (Lipinski definition) is 1. The maximum Gasteiger partial charge on any atom is 0.335 e. The predicted octanol–water partition coefficient (Wildman–Crippen LogP) is 5.65. The number of halogens is 1. The Morgan fingerprint density at radius 3 is 2.66 bits per heavy atom. The maximum atomic E-state index is 14.2. The zero-order chi connectivity index (χ0) is 28.3. The molecule has 0 radical (unpaired) electrons. The molecule has 6 rings (SSSR count). The summed E-state index contributed by atoms with van der Waals surface area (Å²) in [6, 6.07) is 15.1. The summed E-state index contributed by atoms with van der Waals surface area (Å²) in [5.41, 5.74) is 2.54. The van der Waals surface area contributed by atoms with Gasteiger partial charge in [-0.15, -0.1) is 0 Å². The summed E-state index contributed by atoms with van der Waals surface area (Å²) in [6.45, 7) is 10.2. The van der Waals surface area contributed by atoms with E-state index >= 15 is 0 Å². The summed E-state index contributed by atoms with van der Waals surface area (Å²) in [5.74, 6) is 1.24. The summed E-state index contributed by atoms with van der Waals surface area (Å²) in [7, 11) is 0. The molecule has 1 atom stereocenters. The Morgan fingerprint density at radius 2 is 1.95 bits per heavy atom. The zero-order valence-corrected chi connectivity index (χ0v) is 22.5. The van der Waals surface area contributed by atoms with E-state index in [9.17, 15) is 14.3 Å². The van der Waals surface area contributed by atoms with Crippen molar-refractivity contribution in [1.29, 1.82) is 0 Å². The first-order valence-corrected chi connectivity index (χ1v) is 13.8. The van der Waals surface area contributed by atoms with Crippen LogP contribution in [0.3, 0.4) is 0 Å². The molecule has 9 nitrogen and oxygen atoms in total. The highest BCUT2D eigenvalue weighted by molar-refractivity contribution is 5.92. The number of carboxylic acids is 1. The van der Waals surface area contributed by atoms with E-state index in [2.05, 4.69) is 19.3 Å². The van der Waals surface area contributed by atoms with Gasteiger partial charge in [-0.1, -0.05) is 18.2 Å². The molecule has 2 saturated heterocycles. The Balaban J connectivity index is 1.10. The van der Waals surface area contributed by atoms with E-state index in [-0.39, 0.29) is 24.0 Å². The van der Waals surface area contributed by atoms with Crippen molar-refractivity contribution in [3.63, 3.8) is 0 Å². The molecule has 0 spiro atoms. The second-order valence-electron chi connectivity index (χ2n) is 10.6. The highest BCUT2D eigenvalue weighted by Crippen LogP contribution is 2.29. The lowest BCUT2D eigenvalue weighted by atomic mass is 9.93. The van der Waals surface area contributed by atoms with Gasteiger partial charge in [-0.25, -0.2) is 19.0 Å². The van der Waals surface area contributed by atoms with Gasteiger partial charge in [-0.05, 0) is 55.5 Å². The van der Waals surface area contributed by atoms with Crippen molar-refractivity contribution < 1.29 is 23.8 Å². The number of aromatic nitrogens is 3. The maximum absolute atomic E-state index is 14.2. The molecule has 0 aliphatic carbocycles. The highest BCUT2D eigenvalue weighted by Gasteiger charge is 2.26. The number of imidazole rings is 1. The van der Waals surface area contributed by atoms with Gasteiger partial charge in [-0.2, -0.15) is 4.98 Å². The minimum Gasteiger partial charge on any atom is -0.478 e. The molecule has 0 unspecified atom stereocenters. The quantitative estimate of drug-likeness (QED) is 0.267. The predicted molar refractivity (Wildman–Crippen MR) is 151 cm³/mol. The molecule has 0 saturated carbocycles. The molecule has 2 aromatic heterocycles. The van der Waals surface area contributed by atoms with E-state index in [0.717, 1.165) is 68.1 Å². The van der Waals surface area contributed by atoms with Crippen molar-refractivity contribution in [3.05, 3.63) is 88.8 Å². The van der Waals surface area contributed by atoms with Gasteiger partial charge in [0, 0.05) is 37.7 Å². The molecular weight excluding hydrogens is 525 g/mol. The van der Waals surface area contributed by atoms with Crippen LogP contribution in [0.1, 0.15) is 41.0 Å². The molecule has 2 fully saturated rings. The molecule has 2 aromatic carbocycles. The fourth-order valence-electron chi connectivity index (χ4n) is 5.46.